The number of hydrogen-bond acceptors (Lipinski definition) is 3. The number of amides is 3. The lowest BCUT2D eigenvalue weighted by molar-refractivity contribution is -0.137. The van der Waals surface area contributed by atoms with Crippen molar-refractivity contribution < 1.29 is 27.5 Å². The summed E-state index contributed by atoms with van der Waals surface area (Å²) in [7, 11) is 0. The van der Waals surface area contributed by atoms with Gasteiger partial charge in [0, 0.05) is 6.54 Å². The molecule has 1 fully saturated rings. The SMILES string of the molecule is CCOc1ccc(NC(=O)N[C@H]2CCCNC2=O)c(C(F)(F)F)c1. The van der Waals surface area contributed by atoms with Crippen molar-refractivity contribution in [2.75, 3.05) is 18.5 Å². The van der Waals surface area contributed by atoms with Gasteiger partial charge < -0.3 is 20.7 Å². The average Bonchev–Trinajstić information content (AvgIpc) is 2.50. The van der Waals surface area contributed by atoms with Crippen LogP contribution in [0.4, 0.5) is 23.7 Å². The molecule has 2 rings (SSSR count). The molecule has 9 heteroatoms. The molecule has 6 nitrogen and oxygen atoms in total. The van der Waals surface area contributed by atoms with Crippen LogP contribution in [0.5, 0.6) is 5.75 Å². The molecule has 3 amide bonds. The Morgan fingerprint density at radius 2 is 2.17 bits per heavy atom. The summed E-state index contributed by atoms with van der Waals surface area (Å²) in [6.45, 7) is 2.40. The number of hydrogen-bond donors (Lipinski definition) is 3. The van der Waals surface area contributed by atoms with Crippen LogP contribution in [0.15, 0.2) is 18.2 Å². The third kappa shape index (κ3) is 4.53. The van der Waals surface area contributed by atoms with Crippen molar-refractivity contribution in [2.24, 2.45) is 0 Å². The fourth-order valence-electron chi connectivity index (χ4n) is 2.35. The number of urea groups is 1. The highest BCUT2D eigenvalue weighted by Gasteiger charge is 2.35. The number of anilines is 1. The molecule has 1 heterocycles. The van der Waals surface area contributed by atoms with Gasteiger partial charge in [-0.05, 0) is 38.0 Å². The van der Waals surface area contributed by atoms with E-state index in [0.717, 1.165) is 12.1 Å². The topological polar surface area (TPSA) is 79.5 Å². The zero-order valence-corrected chi connectivity index (χ0v) is 13.0. The summed E-state index contributed by atoms with van der Waals surface area (Å²) in [5, 5.41) is 7.10. The first-order chi connectivity index (χ1) is 11.3. The number of nitrogens with one attached hydrogen (secondary N) is 3. The Hall–Kier alpha value is -2.45. The van der Waals surface area contributed by atoms with Crippen molar-refractivity contribution in [1.29, 1.82) is 0 Å². The number of piperidine rings is 1. The molecule has 1 atom stereocenters. The van der Waals surface area contributed by atoms with Gasteiger partial charge in [-0.2, -0.15) is 13.2 Å². The van der Waals surface area contributed by atoms with Crippen LogP contribution in [0.1, 0.15) is 25.3 Å². The van der Waals surface area contributed by atoms with E-state index in [1.807, 2.05) is 0 Å². The van der Waals surface area contributed by atoms with Crippen LogP contribution in [0.2, 0.25) is 0 Å². The quantitative estimate of drug-likeness (QED) is 0.784. The van der Waals surface area contributed by atoms with Crippen LogP contribution in [0.3, 0.4) is 0 Å². The van der Waals surface area contributed by atoms with Crippen molar-refractivity contribution in [1.82, 2.24) is 10.6 Å². The smallest absolute Gasteiger partial charge is 0.418 e. The Morgan fingerprint density at radius 1 is 1.42 bits per heavy atom. The number of halogens is 3. The number of ether oxygens (including phenoxy) is 1. The van der Waals surface area contributed by atoms with Gasteiger partial charge >= 0.3 is 12.2 Å². The van der Waals surface area contributed by atoms with E-state index < -0.39 is 29.5 Å². The number of carbonyl (C=O) groups excluding carboxylic acids is 2. The van der Waals surface area contributed by atoms with Crippen LogP contribution < -0.4 is 20.7 Å². The van der Waals surface area contributed by atoms with Crippen LogP contribution in [0, 0.1) is 0 Å². The molecular formula is C15H18F3N3O3. The van der Waals surface area contributed by atoms with E-state index in [1.54, 1.807) is 6.92 Å². The lowest BCUT2D eigenvalue weighted by atomic mass is 10.1. The van der Waals surface area contributed by atoms with E-state index in [-0.39, 0.29) is 18.3 Å². The molecule has 0 aliphatic carbocycles. The Bertz CT molecular complexity index is 620. The van der Waals surface area contributed by atoms with Gasteiger partial charge in [-0.3, -0.25) is 4.79 Å². The first kappa shape index (κ1) is 17.9. The molecule has 0 bridgehead atoms. The van der Waals surface area contributed by atoms with E-state index in [0.29, 0.717) is 19.4 Å². The number of alkyl halides is 3. The molecule has 3 N–H and O–H groups in total. The molecule has 0 radical (unpaired) electrons. The maximum atomic E-state index is 13.1. The molecule has 1 aliphatic rings. The van der Waals surface area contributed by atoms with Crippen LogP contribution in [-0.4, -0.2) is 31.1 Å². The van der Waals surface area contributed by atoms with Crippen molar-refractivity contribution >= 4 is 17.6 Å². The van der Waals surface area contributed by atoms with Gasteiger partial charge in [-0.25, -0.2) is 4.79 Å². The van der Waals surface area contributed by atoms with Gasteiger partial charge in [-0.15, -0.1) is 0 Å². The zero-order valence-electron chi connectivity index (χ0n) is 13.0. The maximum Gasteiger partial charge on any atom is 0.418 e. The van der Waals surface area contributed by atoms with E-state index in [2.05, 4.69) is 16.0 Å². The fourth-order valence-corrected chi connectivity index (χ4v) is 2.35. The van der Waals surface area contributed by atoms with Crippen molar-refractivity contribution in [3.05, 3.63) is 23.8 Å². The largest absolute Gasteiger partial charge is 0.494 e. The lowest BCUT2D eigenvalue weighted by Crippen LogP contribution is -2.51. The number of carbonyl (C=O) groups is 2. The molecule has 0 unspecified atom stereocenters. The minimum Gasteiger partial charge on any atom is -0.494 e. The second-order valence-electron chi connectivity index (χ2n) is 5.22. The summed E-state index contributed by atoms with van der Waals surface area (Å²) >= 11 is 0. The van der Waals surface area contributed by atoms with Gasteiger partial charge in [0.25, 0.3) is 0 Å². The second kappa shape index (κ2) is 7.41. The Morgan fingerprint density at radius 3 is 2.79 bits per heavy atom. The fraction of sp³-hybridized carbons (Fsp3) is 0.467. The molecule has 132 valence electrons. The highest BCUT2D eigenvalue weighted by Crippen LogP contribution is 2.37. The third-order valence-corrected chi connectivity index (χ3v) is 3.45. The normalized spacial score (nSPS) is 17.8. The first-order valence-corrected chi connectivity index (χ1v) is 7.50. The van der Waals surface area contributed by atoms with Gasteiger partial charge in [0.1, 0.15) is 11.8 Å². The molecule has 0 spiro atoms. The van der Waals surface area contributed by atoms with Crippen LogP contribution in [0.25, 0.3) is 0 Å². The van der Waals surface area contributed by atoms with Gasteiger partial charge in [-0.1, -0.05) is 0 Å². The molecule has 1 saturated heterocycles. The molecular weight excluding hydrogens is 327 g/mol. The first-order valence-electron chi connectivity index (χ1n) is 7.50. The Labute approximate surface area is 136 Å². The van der Waals surface area contributed by atoms with E-state index >= 15 is 0 Å². The highest BCUT2D eigenvalue weighted by molar-refractivity contribution is 5.94. The van der Waals surface area contributed by atoms with Crippen LogP contribution >= 0.6 is 0 Å². The van der Waals surface area contributed by atoms with E-state index in [4.69, 9.17) is 4.74 Å². The third-order valence-electron chi connectivity index (χ3n) is 3.45. The van der Waals surface area contributed by atoms with Crippen molar-refractivity contribution in [3.8, 4) is 5.75 Å². The summed E-state index contributed by atoms with van der Waals surface area (Å²) in [4.78, 5) is 23.5. The predicted molar refractivity (Wildman–Crippen MR) is 80.8 cm³/mol. The van der Waals surface area contributed by atoms with Crippen molar-refractivity contribution in [2.45, 2.75) is 32.0 Å². The van der Waals surface area contributed by atoms with E-state index in [9.17, 15) is 22.8 Å². The molecule has 1 aromatic carbocycles. The summed E-state index contributed by atoms with van der Waals surface area (Å²) in [5.41, 5.74) is -1.42. The molecule has 1 aromatic rings. The maximum absolute atomic E-state index is 13.1. The van der Waals surface area contributed by atoms with Gasteiger partial charge in [0.2, 0.25) is 5.91 Å². The van der Waals surface area contributed by atoms with Crippen molar-refractivity contribution in [3.63, 3.8) is 0 Å². The molecule has 24 heavy (non-hydrogen) atoms. The summed E-state index contributed by atoms with van der Waals surface area (Å²) in [6.07, 6.45) is -3.53. The molecule has 0 aromatic heterocycles. The minimum absolute atomic E-state index is 0.0578. The average molecular weight is 345 g/mol. The van der Waals surface area contributed by atoms with Gasteiger partial charge in [0.15, 0.2) is 0 Å². The second-order valence-corrected chi connectivity index (χ2v) is 5.22. The summed E-state index contributed by atoms with van der Waals surface area (Å²) in [5.74, 6) is -0.290. The standard InChI is InChI=1S/C15H18F3N3O3/c1-2-24-9-5-6-11(10(8-9)15(16,17)18)20-14(23)21-12-4-3-7-19-13(12)22/h5-6,8,12H,2-4,7H2,1H3,(H,19,22)(H2,20,21,23)/t12-/m0/s1. The molecule has 1 aliphatic heterocycles. The summed E-state index contributed by atoms with van der Waals surface area (Å²) in [6, 6.07) is 1.66. The Balaban J connectivity index is 2.12. The van der Waals surface area contributed by atoms with E-state index in [1.165, 1.54) is 6.07 Å². The minimum atomic E-state index is -4.65. The van der Waals surface area contributed by atoms with Crippen LogP contribution in [-0.2, 0) is 11.0 Å². The summed E-state index contributed by atoms with van der Waals surface area (Å²) < 4.78 is 44.5. The highest BCUT2D eigenvalue weighted by atomic mass is 19.4. The number of rotatable bonds is 4. The Kier molecular flexibility index (Phi) is 5.53. The lowest BCUT2D eigenvalue weighted by Gasteiger charge is -2.23. The zero-order chi connectivity index (χ0) is 17.7. The monoisotopic (exact) mass is 345 g/mol. The number of benzene rings is 1. The predicted octanol–water partition coefficient (Wildman–Crippen LogP) is 2.50. The molecule has 0 saturated carbocycles. The van der Waals surface area contributed by atoms with Gasteiger partial charge in [0.05, 0.1) is 17.9 Å².